The molecule has 7 aromatic rings. The Morgan fingerprint density at radius 1 is 0.717 bits per heavy atom. The van der Waals surface area contributed by atoms with Crippen molar-refractivity contribution < 1.29 is 30.4 Å². The second-order valence-electron chi connectivity index (χ2n) is 13.5. The first-order valence-corrected chi connectivity index (χ1v) is 15.3. The summed E-state index contributed by atoms with van der Waals surface area (Å²) in [6.07, 6.45) is 9.20. The third kappa shape index (κ3) is 6.04. The van der Waals surface area contributed by atoms with Crippen molar-refractivity contribution in [1.29, 1.82) is 0 Å². The summed E-state index contributed by atoms with van der Waals surface area (Å²) in [4.78, 5) is 4.84. The number of rotatable bonds is 5. The van der Waals surface area contributed by atoms with Crippen LogP contribution in [0.15, 0.2) is 110 Å². The van der Waals surface area contributed by atoms with Crippen molar-refractivity contribution in [3.8, 4) is 28.7 Å². The molecule has 5 nitrogen and oxygen atoms in total. The van der Waals surface area contributed by atoms with E-state index in [1.54, 1.807) is 0 Å². The van der Waals surface area contributed by atoms with Crippen LogP contribution in [-0.4, -0.2) is 14.1 Å². The Balaban J connectivity index is 0.00000372. The zero-order valence-electron chi connectivity index (χ0n) is 26.9. The standard InChI is InChI=1S/C40H36N4O.Pt/c1-39(2,3)28-15-18-36-35(23-28)34-17-16-33(26-37(34)44(36)38-24-29(19-20-41-38)40(4,5)6)45-32-14-10-13-31(25-32)43-22-21-42(27-43)30-11-8-7-9-12-30;/h7-24H,1-6H3;/q-2;. The third-order valence-electron chi connectivity index (χ3n) is 8.20. The molecule has 0 amide bonds. The molecule has 0 atom stereocenters. The number of nitrogens with zero attached hydrogens (tertiary/aromatic N) is 4. The maximum Gasteiger partial charge on any atom is 0.267 e. The molecule has 0 bridgehead atoms. The van der Waals surface area contributed by atoms with Crippen LogP contribution in [0.25, 0.3) is 39.0 Å². The van der Waals surface area contributed by atoms with Crippen molar-refractivity contribution in [1.82, 2.24) is 14.1 Å². The Morgan fingerprint density at radius 3 is 2.22 bits per heavy atom. The fraction of sp³-hybridized carbons (Fsp3) is 0.200. The van der Waals surface area contributed by atoms with E-state index in [1.165, 1.54) is 16.5 Å². The fourth-order valence-corrected chi connectivity index (χ4v) is 5.63. The van der Waals surface area contributed by atoms with Crippen LogP contribution in [0.4, 0.5) is 0 Å². The quantitative estimate of drug-likeness (QED) is 0.129. The molecule has 0 saturated heterocycles. The summed E-state index contributed by atoms with van der Waals surface area (Å²) in [6, 6.07) is 38.1. The summed E-state index contributed by atoms with van der Waals surface area (Å²) >= 11 is 0. The maximum absolute atomic E-state index is 6.40. The van der Waals surface area contributed by atoms with Gasteiger partial charge in [0.1, 0.15) is 5.82 Å². The van der Waals surface area contributed by atoms with Gasteiger partial charge in [0.05, 0.1) is 5.69 Å². The van der Waals surface area contributed by atoms with E-state index in [4.69, 9.17) is 9.72 Å². The number of imidazole rings is 1. The summed E-state index contributed by atoms with van der Waals surface area (Å²) in [5.74, 6) is 2.07. The Kier molecular flexibility index (Phi) is 8.25. The number of pyridine rings is 1. The molecule has 0 aliphatic rings. The molecule has 6 heteroatoms. The largest absolute Gasteiger partial charge is 0.510 e. The Hall–Kier alpha value is -4.47. The van der Waals surface area contributed by atoms with E-state index in [-0.39, 0.29) is 31.9 Å². The van der Waals surface area contributed by atoms with E-state index in [0.717, 1.165) is 33.6 Å². The number of benzene rings is 4. The van der Waals surface area contributed by atoms with Crippen LogP contribution < -0.4 is 9.30 Å². The number of hydrogen-bond donors (Lipinski definition) is 0. The molecule has 0 radical (unpaired) electrons. The van der Waals surface area contributed by atoms with E-state index in [1.807, 2.05) is 82.3 Å². The fourth-order valence-electron chi connectivity index (χ4n) is 5.63. The van der Waals surface area contributed by atoms with Gasteiger partial charge in [-0.05, 0) is 63.4 Å². The molecule has 234 valence electrons. The van der Waals surface area contributed by atoms with Crippen LogP contribution in [0, 0.1) is 18.5 Å². The van der Waals surface area contributed by atoms with Gasteiger partial charge in [-0.25, -0.2) is 4.98 Å². The number of ether oxygens (including phenoxy) is 1. The van der Waals surface area contributed by atoms with Crippen molar-refractivity contribution >= 4 is 21.8 Å². The van der Waals surface area contributed by atoms with Crippen molar-refractivity contribution in [3.63, 3.8) is 0 Å². The van der Waals surface area contributed by atoms with Gasteiger partial charge in [0.2, 0.25) is 0 Å². The van der Waals surface area contributed by atoms with Gasteiger partial charge >= 0.3 is 0 Å². The molecule has 7 rings (SSSR count). The molecule has 3 heterocycles. The first-order valence-electron chi connectivity index (χ1n) is 15.3. The van der Waals surface area contributed by atoms with Crippen molar-refractivity contribution in [2.45, 2.75) is 52.4 Å². The first-order chi connectivity index (χ1) is 21.5. The maximum atomic E-state index is 6.40. The van der Waals surface area contributed by atoms with Gasteiger partial charge in [-0.3, -0.25) is 4.57 Å². The molecule has 3 aromatic heterocycles. The minimum absolute atomic E-state index is 0. The predicted molar refractivity (Wildman–Crippen MR) is 180 cm³/mol. The van der Waals surface area contributed by atoms with E-state index >= 15 is 0 Å². The minimum atomic E-state index is -0.00773. The molecule has 0 aliphatic heterocycles. The molecule has 0 spiro atoms. The zero-order valence-corrected chi connectivity index (χ0v) is 29.2. The van der Waals surface area contributed by atoms with Crippen LogP contribution >= 0.6 is 0 Å². The van der Waals surface area contributed by atoms with Gasteiger partial charge in [0.25, 0.3) is 6.33 Å². The minimum Gasteiger partial charge on any atom is -0.510 e. The number of para-hydroxylation sites is 1. The average Bonchev–Trinajstić information content (AvgIpc) is 3.64. The van der Waals surface area contributed by atoms with Crippen LogP contribution in [0.3, 0.4) is 0 Å². The normalized spacial score (nSPS) is 12.0. The Bertz CT molecular complexity index is 2160. The summed E-state index contributed by atoms with van der Waals surface area (Å²) < 4.78 is 12.5. The average molecular weight is 784 g/mol. The topological polar surface area (TPSA) is 35.9 Å². The third-order valence-corrected chi connectivity index (χ3v) is 8.20. The van der Waals surface area contributed by atoms with Gasteiger partial charge in [0, 0.05) is 56.7 Å². The van der Waals surface area contributed by atoms with Gasteiger partial charge in [0.15, 0.2) is 0 Å². The van der Waals surface area contributed by atoms with Crippen molar-refractivity contribution in [3.05, 3.63) is 139 Å². The number of fused-ring (bicyclic) bond motifs is 3. The van der Waals surface area contributed by atoms with E-state index in [0.29, 0.717) is 11.5 Å². The van der Waals surface area contributed by atoms with Crippen LogP contribution in [0.1, 0.15) is 52.7 Å². The Morgan fingerprint density at radius 2 is 1.46 bits per heavy atom. The van der Waals surface area contributed by atoms with Gasteiger partial charge in [-0.2, -0.15) is 18.2 Å². The van der Waals surface area contributed by atoms with Gasteiger partial charge in [-0.15, -0.1) is 29.7 Å². The van der Waals surface area contributed by atoms with E-state index < -0.39 is 0 Å². The molecule has 4 aromatic carbocycles. The molecule has 0 N–H and O–H groups in total. The van der Waals surface area contributed by atoms with E-state index in [2.05, 4.69) is 101 Å². The summed E-state index contributed by atoms with van der Waals surface area (Å²) in [5.41, 5.74) is 6.41. The summed E-state index contributed by atoms with van der Waals surface area (Å²) in [7, 11) is 0. The second kappa shape index (κ2) is 12.0. The van der Waals surface area contributed by atoms with Gasteiger partial charge < -0.3 is 13.9 Å². The van der Waals surface area contributed by atoms with Crippen LogP contribution in [0.2, 0.25) is 0 Å². The SMILES string of the molecule is CC(C)(C)c1ccnc(-n2c3[c-]c(Oc4[c-]c(-n5[c-][n+](-c6ccccc6)cc5)ccc4)ccc3c3cc(C(C)(C)C)ccc32)c1.[Pt]. The van der Waals surface area contributed by atoms with Crippen LogP contribution in [0.5, 0.6) is 11.5 Å². The molecule has 0 aliphatic carbocycles. The predicted octanol–water partition coefficient (Wildman–Crippen LogP) is 9.03. The molecule has 0 saturated carbocycles. The molecule has 46 heavy (non-hydrogen) atoms. The molecular formula is C40H36N4OPt-2. The second-order valence-corrected chi connectivity index (χ2v) is 13.5. The smallest absolute Gasteiger partial charge is 0.267 e. The molecular weight excluding hydrogens is 748 g/mol. The molecule has 0 unspecified atom stereocenters. The van der Waals surface area contributed by atoms with Crippen molar-refractivity contribution in [2.75, 3.05) is 0 Å². The monoisotopic (exact) mass is 783 g/mol. The summed E-state index contributed by atoms with van der Waals surface area (Å²) in [6.45, 7) is 13.4. The first kappa shape index (κ1) is 31.5. The molecule has 0 fully saturated rings. The van der Waals surface area contributed by atoms with Crippen molar-refractivity contribution in [2.24, 2.45) is 0 Å². The van der Waals surface area contributed by atoms with E-state index in [9.17, 15) is 0 Å². The number of hydrogen-bond acceptors (Lipinski definition) is 2. The number of aromatic nitrogens is 4. The Labute approximate surface area is 285 Å². The van der Waals surface area contributed by atoms with Gasteiger partial charge in [-0.1, -0.05) is 77.4 Å². The zero-order chi connectivity index (χ0) is 31.3. The summed E-state index contributed by atoms with van der Waals surface area (Å²) in [5, 5.41) is 2.28. The van der Waals surface area contributed by atoms with Crippen LogP contribution in [-0.2, 0) is 31.9 Å².